The summed E-state index contributed by atoms with van der Waals surface area (Å²) < 4.78 is 13.6. The second-order valence-electron chi connectivity index (χ2n) is 7.90. The second kappa shape index (κ2) is 7.16. The number of rotatable bonds is 4. The van der Waals surface area contributed by atoms with Crippen LogP contribution in [0.15, 0.2) is 18.3 Å². The van der Waals surface area contributed by atoms with Crippen molar-refractivity contribution in [3.05, 3.63) is 40.8 Å². The monoisotopic (exact) mass is 397 g/mol. The second-order valence-corrected chi connectivity index (χ2v) is 7.90. The Morgan fingerprint density at radius 3 is 2.97 bits per heavy atom. The van der Waals surface area contributed by atoms with Crippen molar-refractivity contribution < 1.29 is 24.3 Å². The van der Waals surface area contributed by atoms with Crippen molar-refractivity contribution in [3.8, 4) is 0 Å². The molecule has 2 N–H and O–H groups in total. The zero-order valence-electron chi connectivity index (χ0n) is 16.4. The minimum absolute atomic E-state index is 0.0193. The SMILES string of the molecule is CC(=O)OCc1c(B(O)O)ccnc1N1CCn2c(cc3c2CCCC3)C2OC21. The predicted octanol–water partition coefficient (Wildman–Crippen LogP) is 0.422. The van der Waals surface area contributed by atoms with Crippen LogP contribution in [0.4, 0.5) is 5.82 Å². The van der Waals surface area contributed by atoms with Crippen LogP contribution < -0.4 is 10.4 Å². The van der Waals surface area contributed by atoms with E-state index in [1.807, 2.05) is 0 Å². The van der Waals surface area contributed by atoms with Crippen molar-refractivity contribution in [2.75, 3.05) is 11.4 Å². The minimum Gasteiger partial charge on any atom is -0.461 e. The molecule has 2 aromatic rings. The van der Waals surface area contributed by atoms with Crippen LogP contribution in [0.5, 0.6) is 0 Å². The van der Waals surface area contributed by atoms with Crippen LogP contribution in [0.25, 0.3) is 0 Å². The third kappa shape index (κ3) is 3.23. The molecular formula is C20H24BN3O5. The van der Waals surface area contributed by atoms with E-state index in [0.29, 0.717) is 17.9 Å². The molecule has 1 aliphatic carbocycles. The Labute approximate surface area is 169 Å². The van der Waals surface area contributed by atoms with Gasteiger partial charge in [-0.05, 0) is 48.8 Å². The van der Waals surface area contributed by atoms with E-state index in [9.17, 15) is 14.8 Å². The fourth-order valence-electron chi connectivity index (χ4n) is 4.71. The topological polar surface area (TPSA) is 100 Å². The van der Waals surface area contributed by atoms with E-state index >= 15 is 0 Å². The quantitative estimate of drug-likeness (QED) is 0.438. The molecule has 1 fully saturated rings. The van der Waals surface area contributed by atoms with E-state index in [-0.39, 0.29) is 24.4 Å². The zero-order chi connectivity index (χ0) is 20.1. The van der Waals surface area contributed by atoms with Crippen LogP contribution in [0.3, 0.4) is 0 Å². The lowest BCUT2D eigenvalue weighted by molar-refractivity contribution is -0.142. The van der Waals surface area contributed by atoms with E-state index < -0.39 is 13.1 Å². The number of epoxide rings is 1. The maximum Gasteiger partial charge on any atom is 0.489 e. The normalized spacial score (nSPS) is 22.2. The molecule has 2 aromatic heterocycles. The van der Waals surface area contributed by atoms with Gasteiger partial charge in [0.1, 0.15) is 18.5 Å². The third-order valence-corrected chi connectivity index (χ3v) is 6.11. The molecule has 1 saturated heterocycles. The van der Waals surface area contributed by atoms with Gasteiger partial charge in [-0.25, -0.2) is 4.98 Å². The zero-order valence-corrected chi connectivity index (χ0v) is 16.4. The fourth-order valence-corrected chi connectivity index (χ4v) is 4.71. The lowest BCUT2D eigenvalue weighted by Crippen LogP contribution is -2.38. The highest BCUT2D eigenvalue weighted by Crippen LogP contribution is 2.46. The summed E-state index contributed by atoms with van der Waals surface area (Å²) >= 11 is 0. The Bertz CT molecular complexity index is 960. The number of aryl methyl sites for hydroxylation is 1. The van der Waals surface area contributed by atoms with E-state index in [1.165, 1.54) is 42.8 Å². The fraction of sp³-hybridized carbons (Fsp3) is 0.500. The Hall–Kier alpha value is -2.36. The van der Waals surface area contributed by atoms with Crippen molar-refractivity contribution in [3.63, 3.8) is 0 Å². The minimum atomic E-state index is -1.68. The predicted molar refractivity (Wildman–Crippen MR) is 106 cm³/mol. The molecule has 2 unspecified atom stereocenters. The molecule has 3 aliphatic rings. The number of nitrogens with zero attached hydrogens (tertiary/aromatic N) is 3. The molecule has 9 heteroatoms. The largest absolute Gasteiger partial charge is 0.489 e. The number of aromatic nitrogens is 2. The first kappa shape index (κ1) is 18.7. The van der Waals surface area contributed by atoms with Crippen LogP contribution in [-0.2, 0) is 40.3 Å². The van der Waals surface area contributed by atoms with Crippen molar-refractivity contribution >= 4 is 24.4 Å². The van der Waals surface area contributed by atoms with Gasteiger partial charge in [0.05, 0.1) is 5.69 Å². The third-order valence-electron chi connectivity index (χ3n) is 6.11. The van der Waals surface area contributed by atoms with Crippen LogP contribution in [0.2, 0.25) is 0 Å². The number of ether oxygens (including phenoxy) is 2. The standard InChI is InChI=1S/C20H24BN3O5/c1-12(25)28-11-14-15(21(26)27)6-7-22-19(14)24-9-8-23-16-5-3-2-4-13(16)10-17(23)18-20(24)29-18/h6-7,10,18,20,26-27H,2-5,8-9,11H2,1H3. The lowest BCUT2D eigenvalue weighted by Gasteiger charge is -2.25. The van der Waals surface area contributed by atoms with Crippen molar-refractivity contribution in [2.45, 2.75) is 58.1 Å². The summed E-state index contributed by atoms with van der Waals surface area (Å²) in [6.07, 6.45) is 6.09. The van der Waals surface area contributed by atoms with Gasteiger partial charge in [-0.1, -0.05) is 0 Å². The number of hydrogen-bond acceptors (Lipinski definition) is 7. The summed E-state index contributed by atoms with van der Waals surface area (Å²) in [5, 5.41) is 19.6. The van der Waals surface area contributed by atoms with E-state index in [2.05, 4.69) is 20.5 Å². The van der Waals surface area contributed by atoms with Gasteiger partial charge in [0.15, 0.2) is 6.23 Å². The summed E-state index contributed by atoms with van der Waals surface area (Å²) in [7, 11) is -1.68. The number of hydrogen-bond donors (Lipinski definition) is 2. The maximum atomic E-state index is 11.4. The molecule has 152 valence electrons. The maximum absolute atomic E-state index is 11.4. The molecule has 29 heavy (non-hydrogen) atoms. The Morgan fingerprint density at radius 2 is 2.17 bits per heavy atom. The van der Waals surface area contributed by atoms with Crippen LogP contribution in [0, 0.1) is 0 Å². The molecule has 0 saturated carbocycles. The number of pyridine rings is 1. The van der Waals surface area contributed by atoms with Gasteiger partial charge < -0.3 is 29.0 Å². The van der Waals surface area contributed by atoms with Gasteiger partial charge in [-0.2, -0.15) is 0 Å². The summed E-state index contributed by atoms with van der Waals surface area (Å²) in [5.41, 5.74) is 4.89. The molecule has 2 atom stereocenters. The van der Waals surface area contributed by atoms with Gasteiger partial charge in [0, 0.05) is 37.5 Å². The van der Waals surface area contributed by atoms with Gasteiger partial charge in [0.25, 0.3) is 0 Å². The highest BCUT2D eigenvalue weighted by Gasteiger charge is 2.50. The molecule has 2 aliphatic heterocycles. The molecule has 0 radical (unpaired) electrons. The van der Waals surface area contributed by atoms with Crippen molar-refractivity contribution in [2.24, 2.45) is 0 Å². The summed E-state index contributed by atoms with van der Waals surface area (Å²) in [6.45, 7) is 2.76. The highest BCUT2D eigenvalue weighted by molar-refractivity contribution is 6.59. The Morgan fingerprint density at radius 1 is 1.34 bits per heavy atom. The van der Waals surface area contributed by atoms with Crippen LogP contribution in [0.1, 0.15) is 48.4 Å². The summed E-state index contributed by atoms with van der Waals surface area (Å²) in [4.78, 5) is 17.9. The van der Waals surface area contributed by atoms with E-state index in [4.69, 9.17) is 9.47 Å². The first-order valence-corrected chi connectivity index (χ1v) is 10.1. The van der Waals surface area contributed by atoms with Gasteiger partial charge in [0.2, 0.25) is 0 Å². The molecule has 0 spiro atoms. The van der Waals surface area contributed by atoms with E-state index in [1.54, 1.807) is 6.20 Å². The number of esters is 1. The van der Waals surface area contributed by atoms with Gasteiger partial charge in [-0.3, -0.25) is 4.79 Å². The molecule has 0 amide bonds. The number of carbonyl (C=O) groups excluding carboxylic acids is 1. The Balaban J connectivity index is 1.49. The van der Waals surface area contributed by atoms with E-state index in [0.717, 1.165) is 19.4 Å². The average molecular weight is 397 g/mol. The smallest absolute Gasteiger partial charge is 0.461 e. The first-order valence-electron chi connectivity index (χ1n) is 10.1. The first-order chi connectivity index (χ1) is 14.0. The Kier molecular flexibility index (Phi) is 4.61. The van der Waals surface area contributed by atoms with Gasteiger partial charge >= 0.3 is 13.1 Å². The molecule has 0 bridgehead atoms. The van der Waals surface area contributed by atoms with Crippen molar-refractivity contribution in [1.82, 2.24) is 9.55 Å². The number of fused-ring (bicyclic) bond motifs is 5. The lowest BCUT2D eigenvalue weighted by atomic mass is 9.77. The van der Waals surface area contributed by atoms with Crippen molar-refractivity contribution in [1.29, 1.82) is 0 Å². The molecule has 5 rings (SSSR count). The number of carbonyl (C=O) groups is 1. The average Bonchev–Trinajstić information content (AvgIpc) is 3.42. The molecule has 0 aromatic carbocycles. The van der Waals surface area contributed by atoms with Gasteiger partial charge in [-0.15, -0.1) is 0 Å². The van der Waals surface area contributed by atoms with Crippen LogP contribution >= 0.6 is 0 Å². The molecule has 8 nitrogen and oxygen atoms in total. The summed E-state index contributed by atoms with van der Waals surface area (Å²) in [6, 6.07) is 3.83. The summed E-state index contributed by atoms with van der Waals surface area (Å²) in [5.74, 6) is 0.140. The number of anilines is 1. The highest BCUT2D eigenvalue weighted by atomic mass is 16.6. The molecule has 4 heterocycles. The molecular weight excluding hydrogens is 373 g/mol. The van der Waals surface area contributed by atoms with Crippen LogP contribution in [-0.4, -0.2) is 45.5 Å².